The lowest BCUT2D eigenvalue weighted by Crippen LogP contribution is -2.42. The van der Waals surface area contributed by atoms with Crippen LogP contribution < -0.4 is 4.74 Å². The van der Waals surface area contributed by atoms with E-state index < -0.39 is 31.8 Å². The first-order valence-electron chi connectivity index (χ1n) is 16.6. The molecule has 1 atom stereocenters. The number of nitriles is 2. The van der Waals surface area contributed by atoms with Crippen molar-refractivity contribution in [3.05, 3.63) is 59.1 Å². The molecule has 264 valence electrons. The molecular weight excluding hydrogens is 658 g/mol. The smallest absolute Gasteiger partial charge is 0.360 e. The molecule has 4 aromatic heterocycles. The number of fused-ring (bicyclic) bond motifs is 1. The maximum Gasteiger partial charge on any atom is 0.360 e. The van der Waals surface area contributed by atoms with Crippen LogP contribution in [0.1, 0.15) is 94.0 Å². The maximum atomic E-state index is 14.0. The molecule has 0 aromatic carbocycles. The predicted octanol–water partition coefficient (Wildman–Crippen LogP) is 6.52. The number of hydrogen-bond donors (Lipinski definition) is 0. The summed E-state index contributed by atoms with van der Waals surface area (Å²) < 4.78 is 36.2. The molecule has 15 heteroatoms. The highest BCUT2D eigenvalue weighted by Crippen LogP contribution is 2.39. The molecule has 5 heterocycles. The Labute approximate surface area is 292 Å². The Hall–Kier alpha value is -4.86. The Balaban J connectivity index is 1.65. The third-order valence-corrected chi connectivity index (χ3v) is 13.8. The molecule has 1 aliphatic heterocycles. The van der Waals surface area contributed by atoms with Gasteiger partial charge in [0.05, 0.1) is 30.2 Å². The van der Waals surface area contributed by atoms with Crippen LogP contribution >= 0.6 is 0 Å². The highest BCUT2D eigenvalue weighted by atomic mass is 28.4. The molecule has 0 bridgehead atoms. The third-order valence-electron chi connectivity index (χ3n) is 9.30. The van der Waals surface area contributed by atoms with Gasteiger partial charge in [0.1, 0.15) is 40.0 Å². The van der Waals surface area contributed by atoms with Crippen molar-refractivity contribution in [1.29, 1.82) is 10.5 Å². The van der Waals surface area contributed by atoms with Gasteiger partial charge >= 0.3 is 5.97 Å². The van der Waals surface area contributed by atoms with Gasteiger partial charge in [-0.2, -0.15) is 15.6 Å². The van der Waals surface area contributed by atoms with Crippen molar-refractivity contribution in [2.75, 3.05) is 19.7 Å². The molecule has 4 aromatic rings. The lowest BCUT2D eigenvalue weighted by Gasteiger charge is -2.37. The van der Waals surface area contributed by atoms with Crippen LogP contribution in [0.15, 0.2) is 30.6 Å². The number of likely N-dealkylation sites (tertiary alicyclic amines) is 1. The fourth-order valence-electron chi connectivity index (χ4n) is 5.51. The standard InChI is InChI=1S/C35H44FN9O4Si/c1-22-30(40-42-45(22)25-12-14-43(21-38)15-13-25)23-16-28(32-26(17-37)31(41-44(32)19-23)33(46)49-34(2,3)4)48-29(27-11-10-24(36)18-39-27)20-47-50(8,9)35(5,6)7/h10-11,16,18-19,25,29H,12-15,20H2,1-9H3. The lowest BCUT2D eigenvalue weighted by molar-refractivity contribution is 0.00621. The minimum atomic E-state index is -2.28. The van der Waals surface area contributed by atoms with E-state index in [1.807, 2.05) is 11.6 Å². The van der Waals surface area contributed by atoms with Crippen molar-refractivity contribution in [3.8, 4) is 29.3 Å². The van der Waals surface area contributed by atoms with E-state index in [1.54, 1.807) is 37.9 Å². The van der Waals surface area contributed by atoms with Crippen molar-refractivity contribution in [2.24, 2.45) is 0 Å². The van der Waals surface area contributed by atoms with Crippen molar-refractivity contribution >= 4 is 19.8 Å². The van der Waals surface area contributed by atoms with Gasteiger partial charge in [0, 0.05) is 24.8 Å². The first-order valence-corrected chi connectivity index (χ1v) is 19.5. The summed E-state index contributed by atoms with van der Waals surface area (Å²) in [6.45, 7) is 19.1. The zero-order valence-corrected chi connectivity index (χ0v) is 31.1. The normalized spacial score (nSPS) is 15.1. The maximum absolute atomic E-state index is 14.0. The van der Waals surface area contributed by atoms with Crippen LogP contribution in [0, 0.1) is 35.5 Å². The molecule has 0 aliphatic carbocycles. The zero-order valence-electron chi connectivity index (χ0n) is 30.1. The van der Waals surface area contributed by atoms with Gasteiger partial charge in [-0.05, 0) is 76.9 Å². The number of carbonyl (C=O) groups is 1. The van der Waals surface area contributed by atoms with Gasteiger partial charge in [-0.1, -0.05) is 26.0 Å². The van der Waals surface area contributed by atoms with Crippen molar-refractivity contribution in [3.63, 3.8) is 0 Å². The SMILES string of the molecule is Cc1c(-c2cc(OC(CO[Si](C)(C)C(C)(C)C)c3ccc(F)cn3)c3c(C#N)c(C(=O)OC(C)(C)C)nn3c2)nnn1C1CCN(C#N)CC1. The highest BCUT2D eigenvalue weighted by molar-refractivity contribution is 6.74. The number of rotatable bonds is 9. The topological polar surface area (TPSA) is 156 Å². The molecule has 0 saturated carbocycles. The molecule has 0 radical (unpaired) electrons. The second-order valence-corrected chi connectivity index (χ2v) is 19.9. The van der Waals surface area contributed by atoms with E-state index in [4.69, 9.17) is 13.9 Å². The van der Waals surface area contributed by atoms with Crippen molar-refractivity contribution < 1.29 is 23.1 Å². The number of aromatic nitrogens is 6. The third kappa shape index (κ3) is 7.64. The molecule has 1 saturated heterocycles. The molecule has 1 aliphatic rings. The first-order chi connectivity index (χ1) is 23.4. The Morgan fingerprint density at radius 1 is 1.14 bits per heavy atom. The van der Waals surface area contributed by atoms with Crippen LogP contribution in [-0.2, 0) is 9.16 Å². The predicted molar refractivity (Wildman–Crippen MR) is 185 cm³/mol. The fourth-order valence-corrected chi connectivity index (χ4v) is 6.51. The summed E-state index contributed by atoms with van der Waals surface area (Å²) in [6.07, 6.45) is 5.67. The molecule has 0 N–H and O–H groups in total. The van der Waals surface area contributed by atoms with Crippen LogP contribution in [0.3, 0.4) is 0 Å². The molecule has 1 fully saturated rings. The summed E-state index contributed by atoms with van der Waals surface area (Å²) in [5, 5.41) is 33.1. The quantitative estimate of drug-likeness (QED) is 0.106. The second kappa shape index (κ2) is 13.8. The molecule has 5 rings (SSSR count). The summed E-state index contributed by atoms with van der Waals surface area (Å²) in [5.41, 5.74) is 1.57. The minimum absolute atomic E-state index is 0.0263. The Kier molecular flexibility index (Phi) is 10.1. The number of nitrogens with zero attached hydrogens (tertiary/aromatic N) is 9. The van der Waals surface area contributed by atoms with Gasteiger partial charge in [0.25, 0.3) is 0 Å². The highest BCUT2D eigenvalue weighted by Gasteiger charge is 2.38. The fraction of sp³-hybridized carbons (Fsp3) is 0.514. The molecule has 1 unspecified atom stereocenters. The van der Waals surface area contributed by atoms with E-state index >= 15 is 0 Å². The van der Waals surface area contributed by atoms with E-state index in [-0.39, 0.29) is 40.2 Å². The zero-order chi connectivity index (χ0) is 36.6. The second-order valence-electron chi connectivity index (χ2n) is 15.1. The number of carbonyl (C=O) groups excluding carboxylic acids is 1. The monoisotopic (exact) mass is 701 g/mol. The molecule has 0 amide bonds. The number of hydrogen-bond acceptors (Lipinski definition) is 11. The van der Waals surface area contributed by atoms with E-state index in [1.165, 1.54) is 16.6 Å². The summed E-state index contributed by atoms with van der Waals surface area (Å²) in [6, 6.07) is 6.78. The van der Waals surface area contributed by atoms with Gasteiger partial charge in [-0.3, -0.25) is 4.98 Å². The van der Waals surface area contributed by atoms with Crippen LogP contribution in [0.25, 0.3) is 16.8 Å². The van der Waals surface area contributed by atoms with Crippen LogP contribution in [0.5, 0.6) is 5.75 Å². The van der Waals surface area contributed by atoms with E-state index in [2.05, 4.69) is 66.5 Å². The number of ether oxygens (including phenoxy) is 2. The van der Waals surface area contributed by atoms with Crippen LogP contribution in [0.2, 0.25) is 18.1 Å². The largest absolute Gasteiger partial charge is 0.479 e. The summed E-state index contributed by atoms with van der Waals surface area (Å²) in [5.74, 6) is -1.04. The number of halogens is 1. The molecule has 0 spiro atoms. The first kappa shape index (κ1) is 36.4. The van der Waals surface area contributed by atoms with Gasteiger partial charge in [0.15, 0.2) is 26.3 Å². The Morgan fingerprint density at radius 2 is 1.84 bits per heavy atom. The van der Waals surface area contributed by atoms with Gasteiger partial charge in [0.2, 0.25) is 0 Å². The van der Waals surface area contributed by atoms with Crippen LogP contribution in [0.4, 0.5) is 4.39 Å². The van der Waals surface area contributed by atoms with E-state index in [0.29, 0.717) is 30.0 Å². The number of pyridine rings is 2. The minimum Gasteiger partial charge on any atom is -0.479 e. The van der Waals surface area contributed by atoms with Gasteiger partial charge < -0.3 is 18.8 Å². The average Bonchev–Trinajstić information content (AvgIpc) is 3.62. The molecule has 13 nitrogen and oxygen atoms in total. The summed E-state index contributed by atoms with van der Waals surface area (Å²) >= 11 is 0. The lowest BCUT2D eigenvalue weighted by atomic mass is 10.0. The van der Waals surface area contributed by atoms with Crippen molar-refractivity contribution in [2.45, 2.75) is 97.2 Å². The number of esters is 1. The van der Waals surface area contributed by atoms with E-state index in [0.717, 1.165) is 24.7 Å². The van der Waals surface area contributed by atoms with E-state index in [9.17, 15) is 19.7 Å². The Bertz CT molecular complexity index is 1960. The Morgan fingerprint density at radius 3 is 2.42 bits per heavy atom. The van der Waals surface area contributed by atoms with Crippen molar-refractivity contribution in [1.82, 2.24) is 34.5 Å². The summed E-state index contributed by atoms with van der Waals surface area (Å²) in [7, 11) is -2.28. The van der Waals surface area contributed by atoms with Gasteiger partial charge in [-0.25, -0.2) is 18.4 Å². The average molecular weight is 702 g/mol. The summed E-state index contributed by atoms with van der Waals surface area (Å²) in [4.78, 5) is 19.4. The number of piperidine rings is 1. The van der Waals surface area contributed by atoms with Gasteiger partial charge in [-0.15, -0.1) is 5.10 Å². The molecular formula is C35H44FN9O4Si. The van der Waals surface area contributed by atoms with Crippen LogP contribution in [-0.4, -0.2) is 74.1 Å². The molecule has 50 heavy (non-hydrogen) atoms.